The highest BCUT2D eigenvalue weighted by atomic mass is 32.1. The SMILES string of the molecule is CCCCCC(NN)c1snnc1C(C)(C)C. The molecular weight excluding hydrogens is 232 g/mol. The third-order valence-corrected chi connectivity index (χ3v) is 3.68. The average Bonchev–Trinajstić information content (AvgIpc) is 2.73. The van der Waals surface area contributed by atoms with Crippen LogP contribution in [0.3, 0.4) is 0 Å². The highest BCUT2D eigenvalue weighted by Gasteiger charge is 2.26. The Balaban J connectivity index is 2.78. The van der Waals surface area contributed by atoms with E-state index in [0.29, 0.717) is 0 Å². The summed E-state index contributed by atoms with van der Waals surface area (Å²) in [6.07, 6.45) is 4.71. The molecule has 0 spiro atoms. The second-order valence-corrected chi connectivity index (χ2v) is 6.24. The largest absolute Gasteiger partial charge is 0.271 e. The van der Waals surface area contributed by atoms with E-state index in [1.54, 1.807) is 0 Å². The zero-order valence-corrected chi connectivity index (χ0v) is 12.1. The molecule has 17 heavy (non-hydrogen) atoms. The van der Waals surface area contributed by atoms with Gasteiger partial charge >= 0.3 is 0 Å². The van der Waals surface area contributed by atoms with E-state index >= 15 is 0 Å². The van der Waals surface area contributed by atoms with Gasteiger partial charge in [0, 0.05) is 5.41 Å². The monoisotopic (exact) mass is 256 g/mol. The molecule has 0 aromatic carbocycles. The van der Waals surface area contributed by atoms with Gasteiger partial charge in [-0.25, -0.2) is 0 Å². The van der Waals surface area contributed by atoms with Crippen LogP contribution in [-0.4, -0.2) is 9.59 Å². The lowest BCUT2D eigenvalue weighted by Gasteiger charge is -2.21. The Morgan fingerprint density at radius 1 is 1.35 bits per heavy atom. The standard InChI is InChI=1S/C12H24N4S/c1-5-6-7-8-9(14-13)10-11(12(2,3)4)15-16-17-10/h9,14H,5-8,13H2,1-4H3. The average molecular weight is 256 g/mol. The number of unbranched alkanes of at least 4 members (excludes halogenated alkanes) is 2. The molecule has 0 aliphatic carbocycles. The molecular formula is C12H24N4S. The first-order valence-electron chi connectivity index (χ1n) is 6.29. The van der Waals surface area contributed by atoms with E-state index in [9.17, 15) is 0 Å². The number of aromatic nitrogens is 2. The summed E-state index contributed by atoms with van der Waals surface area (Å²) in [4.78, 5) is 1.19. The molecule has 4 nitrogen and oxygen atoms in total. The fraction of sp³-hybridized carbons (Fsp3) is 0.833. The van der Waals surface area contributed by atoms with Crippen molar-refractivity contribution in [3.63, 3.8) is 0 Å². The Morgan fingerprint density at radius 2 is 2.06 bits per heavy atom. The van der Waals surface area contributed by atoms with E-state index in [4.69, 9.17) is 5.84 Å². The fourth-order valence-corrected chi connectivity index (χ4v) is 2.79. The Kier molecular flexibility index (Phi) is 5.49. The second kappa shape index (κ2) is 6.42. The lowest BCUT2D eigenvalue weighted by molar-refractivity contribution is 0.474. The molecule has 0 aliphatic rings. The maximum absolute atomic E-state index is 5.66. The van der Waals surface area contributed by atoms with Gasteiger partial charge in [-0.2, -0.15) is 0 Å². The van der Waals surface area contributed by atoms with Crippen LogP contribution in [0.25, 0.3) is 0 Å². The van der Waals surface area contributed by atoms with Gasteiger partial charge < -0.3 is 0 Å². The van der Waals surface area contributed by atoms with Crippen molar-refractivity contribution in [2.24, 2.45) is 5.84 Å². The molecule has 0 bridgehead atoms. The Hall–Kier alpha value is -0.520. The number of nitrogens with two attached hydrogens (primary N) is 1. The highest BCUT2D eigenvalue weighted by molar-refractivity contribution is 7.05. The minimum atomic E-state index is 0.0300. The van der Waals surface area contributed by atoms with Gasteiger partial charge in [0.15, 0.2) is 0 Å². The molecule has 1 rings (SSSR count). The fourth-order valence-electron chi connectivity index (χ4n) is 1.83. The van der Waals surface area contributed by atoms with E-state index < -0.39 is 0 Å². The van der Waals surface area contributed by atoms with E-state index in [-0.39, 0.29) is 11.5 Å². The smallest absolute Gasteiger partial charge is 0.0857 e. The molecule has 3 N–H and O–H groups in total. The Morgan fingerprint density at radius 3 is 2.59 bits per heavy atom. The number of nitrogens with zero attached hydrogens (tertiary/aromatic N) is 2. The van der Waals surface area contributed by atoms with Crippen molar-refractivity contribution in [1.82, 2.24) is 15.0 Å². The van der Waals surface area contributed by atoms with Crippen LogP contribution in [-0.2, 0) is 5.41 Å². The summed E-state index contributed by atoms with van der Waals surface area (Å²) in [6.45, 7) is 8.69. The topological polar surface area (TPSA) is 63.8 Å². The molecule has 1 aromatic rings. The molecule has 1 atom stereocenters. The van der Waals surface area contributed by atoms with Crippen molar-refractivity contribution in [2.75, 3.05) is 0 Å². The van der Waals surface area contributed by atoms with Crippen LogP contribution in [0.2, 0.25) is 0 Å². The van der Waals surface area contributed by atoms with E-state index in [1.165, 1.54) is 35.7 Å². The number of rotatable bonds is 6. The first kappa shape index (κ1) is 14.5. The number of hydrogen-bond acceptors (Lipinski definition) is 5. The predicted octanol–water partition coefficient (Wildman–Crippen LogP) is 2.92. The summed E-state index contributed by atoms with van der Waals surface area (Å²) >= 11 is 1.46. The van der Waals surface area contributed by atoms with E-state index in [0.717, 1.165) is 12.1 Å². The number of hydrogen-bond donors (Lipinski definition) is 2. The molecule has 0 saturated heterocycles. The molecule has 0 aliphatic heterocycles. The van der Waals surface area contributed by atoms with Gasteiger partial charge in [-0.05, 0) is 18.0 Å². The normalized spacial score (nSPS) is 13.9. The van der Waals surface area contributed by atoms with Crippen molar-refractivity contribution in [3.05, 3.63) is 10.6 Å². The summed E-state index contributed by atoms with van der Waals surface area (Å²) in [5.41, 5.74) is 4.01. The molecule has 0 radical (unpaired) electrons. The van der Waals surface area contributed by atoms with Crippen molar-refractivity contribution in [3.8, 4) is 0 Å². The van der Waals surface area contributed by atoms with Gasteiger partial charge in [0.05, 0.1) is 16.6 Å². The summed E-state index contributed by atoms with van der Waals surface area (Å²) in [5, 5.41) is 4.26. The zero-order valence-electron chi connectivity index (χ0n) is 11.3. The molecule has 0 saturated carbocycles. The minimum Gasteiger partial charge on any atom is -0.271 e. The summed E-state index contributed by atoms with van der Waals surface area (Å²) in [7, 11) is 0. The zero-order chi connectivity index (χ0) is 12.9. The molecule has 1 unspecified atom stereocenters. The summed E-state index contributed by atoms with van der Waals surface area (Å²) < 4.78 is 4.08. The van der Waals surface area contributed by atoms with Gasteiger partial charge in [-0.15, -0.1) is 5.10 Å². The molecule has 98 valence electrons. The highest BCUT2D eigenvalue weighted by Crippen LogP contribution is 2.32. The van der Waals surface area contributed by atoms with Crippen LogP contribution in [0.5, 0.6) is 0 Å². The molecule has 0 amide bonds. The first-order chi connectivity index (χ1) is 8.00. The van der Waals surface area contributed by atoms with Crippen molar-refractivity contribution in [1.29, 1.82) is 0 Å². The molecule has 0 fully saturated rings. The van der Waals surface area contributed by atoms with Crippen LogP contribution >= 0.6 is 11.5 Å². The third-order valence-electron chi connectivity index (χ3n) is 2.84. The first-order valence-corrected chi connectivity index (χ1v) is 7.07. The van der Waals surface area contributed by atoms with E-state index in [2.05, 4.69) is 42.7 Å². The molecule has 1 aromatic heterocycles. The third kappa shape index (κ3) is 4.01. The minimum absolute atomic E-state index is 0.0300. The second-order valence-electron chi connectivity index (χ2n) is 5.45. The molecule has 5 heteroatoms. The van der Waals surface area contributed by atoms with Crippen LogP contribution < -0.4 is 11.3 Å². The summed E-state index contributed by atoms with van der Waals surface area (Å²) in [5.74, 6) is 5.66. The lowest BCUT2D eigenvalue weighted by atomic mass is 9.89. The van der Waals surface area contributed by atoms with Gasteiger partial charge in [0.2, 0.25) is 0 Å². The Labute approximate surface area is 108 Å². The van der Waals surface area contributed by atoms with Crippen molar-refractivity contribution < 1.29 is 0 Å². The van der Waals surface area contributed by atoms with Gasteiger partial charge in [-0.3, -0.25) is 11.3 Å². The number of nitrogens with one attached hydrogen (secondary N) is 1. The number of hydrazine groups is 1. The lowest BCUT2D eigenvalue weighted by Crippen LogP contribution is -2.29. The maximum atomic E-state index is 5.66. The Bertz CT molecular complexity index is 329. The van der Waals surface area contributed by atoms with Crippen molar-refractivity contribution >= 4 is 11.5 Å². The predicted molar refractivity (Wildman–Crippen MR) is 72.8 cm³/mol. The van der Waals surface area contributed by atoms with E-state index in [1.807, 2.05) is 0 Å². The summed E-state index contributed by atoms with van der Waals surface area (Å²) in [6, 6.07) is 0.191. The van der Waals surface area contributed by atoms with Crippen LogP contribution in [0, 0.1) is 0 Å². The maximum Gasteiger partial charge on any atom is 0.0857 e. The quantitative estimate of drug-likeness (QED) is 0.466. The van der Waals surface area contributed by atoms with Gasteiger partial charge in [0.1, 0.15) is 0 Å². The van der Waals surface area contributed by atoms with Crippen LogP contribution in [0.4, 0.5) is 0 Å². The van der Waals surface area contributed by atoms with Crippen molar-refractivity contribution in [2.45, 2.75) is 64.8 Å². The van der Waals surface area contributed by atoms with Crippen LogP contribution in [0.15, 0.2) is 0 Å². The van der Waals surface area contributed by atoms with Gasteiger partial charge in [-0.1, -0.05) is 51.4 Å². The van der Waals surface area contributed by atoms with Crippen LogP contribution in [0.1, 0.15) is 70.0 Å². The molecule has 1 heterocycles. The van der Waals surface area contributed by atoms with Gasteiger partial charge in [0.25, 0.3) is 0 Å².